The molecular weight excluding hydrogens is 345 g/mol. The summed E-state index contributed by atoms with van der Waals surface area (Å²) in [4.78, 5) is 26.6. The number of anilines is 2. The van der Waals surface area contributed by atoms with Crippen molar-refractivity contribution >= 4 is 23.2 Å². The van der Waals surface area contributed by atoms with Crippen molar-refractivity contribution < 1.29 is 14.0 Å². The van der Waals surface area contributed by atoms with E-state index in [9.17, 15) is 14.0 Å². The van der Waals surface area contributed by atoms with Gasteiger partial charge in [0.15, 0.2) is 0 Å². The molecule has 0 aliphatic carbocycles. The maximum absolute atomic E-state index is 12.9. The number of halogens is 1. The van der Waals surface area contributed by atoms with Crippen molar-refractivity contribution in [3.63, 3.8) is 0 Å². The zero-order valence-corrected chi connectivity index (χ0v) is 15.4. The molecule has 1 heterocycles. The average Bonchev–Trinajstić information content (AvgIpc) is 2.66. The van der Waals surface area contributed by atoms with Crippen LogP contribution in [0.5, 0.6) is 0 Å². The van der Waals surface area contributed by atoms with Crippen LogP contribution in [-0.4, -0.2) is 36.3 Å². The molecule has 5 nitrogen and oxygen atoms in total. The first-order chi connectivity index (χ1) is 13.0. The monoisotopic (exact) mass is 369 g/mol. The Morgan fingerprint density at radius 3 is 2.37 bits per heavy atom. The fourth-order valence-electron chi connectivity index (χ4n) is 3.24. The van der Waals surface area contributed by atoms with E-state index in [1.165, 1.54) is 24.3 Å². The summed E-state index contributed by atoms with van der Waals surface area (Å²) in [6.45, 7) is 3.63. The van der Waals surface area contributed by atoms with Gasteiger partial charge in [-0.3, -0.25) is 14.5 Å². The molecule has 3 rings (SSSR count). The van der Waals surface area contributed by atoms with E-state index in [2.05, 4.69) is 10.6 Å². The highest BCUT2D eigenvalue weighted by Crippen LogP contribution is 2.21. The van der Waals surface area contributed by atoms with Crippen molar-refractivity contribution in [2.75, 3.05) is 30.3 Å². The summed E-state index contributed by atoms with van der Waals surface area (Å²) in [5.41, 5.74) is 2.47. The lowest BCUT2D eigenvalue weighted by atomic mass is 9.95. The molecule has 0 radical (unpaired) electrons. The minimum absolute atomic E-state index is 0.0407. The molecule has 142 valence electrons. The van der Waals surface area contributed by atoms with Crippen molar-refractivity contribution in [1.82, 2.24) is 4.90 Å². The summed E-state index contributed by atoms with van der Waals surface area (Å²) in [6, 6.07) is 13.4. The lowest BCUT2D eigenvalue weighted by Gasteiger charge is -2.30. The van der Waals surface area contributed by atoms with E-state index in [1.807, 2.05) is 36.1 Å². The number of aryl methyl sites for hydroxylation is 1. The van der Waals surface area contributed by atoms with Crippen LogP contribution in [0.1, 0.15) is 18.4 Å². The maximum Gasteiger partial charge on any atom is 0.238 e. The van der Waals surface area contributed by atoms with Crippen LogP contribution < -0.4 is 10.6 Å². The molecule has 27 heavy (non-hydrogen) atoms. The molecule has 1 saturated heterocycles. The number of piperidine rings is 1. The summed E-state index contributed by atoms with van der Waals surface area (Å²) < 4.78 is 12.9. The van der Waals surface area contributed by atoms with Gasteiger partial charge in [0.25, 0.3) is 0 Å². The van der Waals surface area contributed by atoms with Crippen molar-refractivity contribution in [3.05, 3.63) is 59.9 Å². The Kier molecular flexibility index (Phi) is 6.19. The number of nitrogens with one attached hydrogen (secondary N) is 2. The second-order valence-electron chi connectivity index (χ2n) is 6.91. The molecule has 2 N–H and O–H groups in total. The van der Waals surface area contributed by atoms with Crippen molar-refractivity contribution in [2.24, 2.45) is 5.92 Å². The Morgan fingerprint density at radius 2 is 1.70 bits per heavy atom. The summed E-state index contributed by atoms with van der Waals surface area (Å²) in [5.74, 6) is -0.468. The molecule has 2 aromatic rings. The number of carbonyl (C=O) groups excluding carboxylic acids is 2. The van der Waals surface area contributed by atoms with Gasteiger partial charge in [-0.05, 0) is 68.8 Å². The fraction of sp³-hybridized carbons (Fsp3) is 0.333. The smallest absolute Gasteiger partial charge is 0.238 e. The molecule has 1 fully saturated rings. The van der Waals surface area contributed by atoms with Crippen LogP contribution in [0.25, 0.3) is 0 Å². The average molecular weight is 369 g/mol. The predicted octanol–water partition coefficient (Wildman–Crippen LogP) is 3.42. The van der Waals surface area contributed by atoms with Crippen LogP contribution in [0.4, 0.5) is 15.8 Å². The van der Waals surface area contributed by atoms with Gasteiger partial charge in [0.1, 0.15) is 5.82 Å². The van der Waals surface area contributed by atoms with Crippen LogP contribution in [0.2, 0.25) is 0 Å². The van der Waals surface area contributed by atoms with Crippen molar-refractivity contribution in [1.29, 1.82) is 0 Å². The number of amides is 2. The first kappa shape index (κ1) is 19.0. The molecule has 0 atom stereocenters. The topological polar surface area (TPSA) is 61.4 Å². The van der Waals surface area contributed by atoms with E-state index < -0.39 is 0 Å². The number of carbonyl (C=O) groups is 2. The van der Waals surface area contributed by atoms with Crippen molar-refractivity contribution in [3.8, 4) is 0 Å². The van der Waals surface area contributed by atoms with Crippen LogP contribution in [0.15, 0.2) is 48.5 Å². The molecule has 1 aliphatic heterocycles. The first-order valence-electron chi connectivity index (χ1n) is 9.15. The zero-order chi connectivity index (χ0) is 19.2. The number of hydrogen-bond acceptors (Lipinski definition) is 3. The van der Waals surface area contributed by atoms with E-state index in [0.717, 1.165) is 24.1 Å². The van der Waals surface area contributed by atoms with Gasteiger partial charge in [-0.25, -0.2) is 4.39 Å². The van der Waals surface area contributed by atoms with Crippen LogP contribution in [0, 0.1) is 18.7 Å². The van der Waals surface area contributed by atoms with Gasteiger partial charge in [-0.1, -0.05) is 18.2 Å². The van der Waals surface area contributed by atoms with Crippen LogP contribution in [0.3, 0.4) is 0 Å². The third-order valence-corrected chi connectivity index (χ3v) is 4.86. The Bertz CT molecular complexity index is 799. The SMILES string of the molecule is Cc1ccccc1NC(=O)C1CCN(CC(=O)Nc2ccc(F)cc2)CC1. The largest absolute Gasteiger partial charge is 0.326 e. The molecule has 1 aliphatic rings. The number of para-hydroxylation sites is 1. The Hall–Kier alpha value is -2.73. The standard InChI is InChI=1S/C21H24FN3O2/c1-15-4-2-3-5-19(15)24-21(27)16-10-12-25(13-11-16)14-20(26)23-18-8-6-17(22)7-9-18/h2-9,16H,10-14H2,1H3,(H,23,26)(H,24,27). The van der Waals surface area contributed by atoms with Crippen LogP contribution in [-0.2, 0) is 9.59 Å². The zero-order valence-electron chi connectivity index (χ0n) is 15.4. The van der Waals surface area contributed by atoms with Gasteiger partial charge in [0, 0.05) is 17.3 Å². The highest BCUT2D eigenvalue weighted by molar-refractivity contribution is 5.93. The molecule has 2 amide bonds. The molecule has 0 spiro atoms. The van der Waals surface area contributed by atoms with E-state index in [0.29, 0.717) is 18.8 Å². The van der Waals surface area contributed by atoms with Gasteiger partial charge < -0.3 is 10.6 Å². The predicted molar refractivity (Wildman–Crippen MR) is 104 cm³/mol. The second kappa shape index (κ2) is 8.77. The summed E-state index contributed by atoms with van der Waals surface area (Å²) in [6.07, 6.45) is 1.45. The lowest BCUT2D eigenvalue weighted by molar-refractivity contribution is -0.121. The molecule has 0 saturated carbocycles. The minimum atomic E-state index is -0.334. The fourth-order valence-corrected chi connectivity index (χ4v) is 3.24. The quantitative estimate of drug-likeness (QED) is 0.849. The molecule has 6 heteroatoms. The van der Waals surface area contributed by atoms with Gasteiger partial charge in [-0.15, -0.1) is 0 Å². The minimum Gasteiger partial charge on any atom is -0.326 e. The molecule has 0 bridgehead atoms. The first-order valence-corrected chi connectivity index (χ1v) is 9.15. The normalized spacial score (nSPS) is 15.3. The number of likely N-dealkylation sites (tertiary alicyclic amines) is 1. The summed E-state index contributed by atoms with van der Waals surface area (Å²) >= 11 is 0. The van der Waals surface area contributed by atoms with E-state index in [1.54, 1.807) is 0 Å². The van der Waals surface area contributed by atoms with Gasteiger partial charge in [0.2, 0.25) is 11.8 Å². The van der Waals surface area contributed by atoms with Gasteiger partial charge >= 0.3 is 0 Å². The number of hydrogen-bond donors (Lipinski definition) is 2. The summed E-state index contributed by atoms with van der Waals surface area (Å²) in [5, 5.41) is 5.77. The third-order valence-electron chi connectivity index (χ3n) is 4.86. The Labute approximate surface area is 158 Å². The molecule has 0 aromatic heterocycles. The second-order valence-corrected chi connectivity index (χ2v) is 6.91. The summed E-state index contributed by atoms with van der Waals surface area (Å²) in [7, 11) is 0. The van der Waals surface area contributed by atoms with E-state index in [4.69, 9.17) is 0 Å². The molecule has 2 aromatic carbocycles. The van der Waals surface area contributed by atoms with Crippen molar-refractivity contribution in [2.45, 2.75) is 19.8 Å². The Balaban J connectivity index is 1.44. The lowest BCUT2D eigenvalue weighted by Crippen LogP contribution is -2.41. The highest BCUT2D eigenvalue weighted by atomic mass is 19.1. The third kappa shape index (κ3) is 5.37. The van der Waals surface area contributed by atoms with Crippen LogP contribution >= 0.6 is 0 Å². The van der Waals surface area contributed by atoms with Gasteiger partial charge in [0.05, 0.1) is 6.54 Å². The van der Waals surface area contributed by atoms with E-state index in [-0.39, 0.29) is 30.1 Å². The maximum atomic E-state index is 12.9. The highest BCUT2D eigenvalue weighted by Gasteiger charge is 2.26. The van der Waals surface area contributed by atoms with E-state index >= 15 is 0 Å². The Morgan fingerprint density at radius 1 is 1.04 bits per heavy atom. The number of benzene rings is 2. The number of rotatable bonds is 5. The van der Waals surface area contributed by atoms with Gasteiger partial charge in [-0.2, -0.15) is 0 Å². The number of nitrogens with zero attached hydrogens (tertiary/aromatic N) is 1. The molecular formula is C21H24FN3O2. The molecule has 0 unspecified atom stereocenters.